The molecule has 0 aromatic carbocycles. The molecule has 2 heterocycles. The van der Waals surface area contributed by atoms with Crippen LogP contribution in [0, 0.1) is 4.64 Å². The Kier molecular flexibility index (Phi) is 1.43. The number of nitrogens with zero attached hydrogens (tertiary/aromatic N) is 1. The average molecular weight is 162 g/mol. The summed E-state index contributed by atoms with van der Waals surface area (Å²) in [6.45, 7) is 0. The number of hydrogen-bond acceptors (Lipinski definition) is 2. The molecule has 0 unspecified atom stereocenters. The summed E-state index contributed by atoms with van der Waals surface area (Å²) in [5, 5.41) is 1.00. The standard InChI is InChI=1S/C8H6N2S/c11-8-6-2-1-4-9-7(6)3-5-10-8/h1-5H,(H,10,11). The van der Waals surface area contributed by atoms with Crippen molar-refractivity contribution in [1.29, 1.82) is 0 Å². The molecule has 0 aliphatic rings. The van der Waals surface area contributed by atoms with Crippen LogP contribution in [0.15, 0.2) is 30.6 Å². The van der Waals surface area contributed by atoms with Crippen molar-refractivity contribution in [3.8, 4) is 0 Å². The van der Waals surface area contributed by atoms with E-state index in [4.69, 9.17) is 12.2 Å². The summed E-state index contributed by atoms with van der Waals surface area (Å²) < 4.78 is 0.746. The van der Waals surface area contributed by atoms with Crippen LogP contribution in [0.25, 0.3) is 10.9 Å². The summed E-state index contributed by atoms with van der Waals surface area (Å²) in [6, 6.07) is 5.75. The number of aromatic amines is 1. The highest BCUT2D eigenvalue weighted by atomic mass is 32.1. The second kappa shape index (κ2) is 2.43. The minimum Gasteiger partial charge on any atom is -0.352 e. The van der Waals surface area contributed by atoms with Gasteiger partial charge >= 0.3 is 0 Å². The fraction of sp³-hybridized carbons (Fsp3) is 0. The fourth-order valence-corrected chi connectivity index (χ4v) is 1.26. The Morgan fingerprint density at radius 2 is 2.27 bits per heavy atom. The Labute approximate surface area is 68.9 Å². The molecule has 0 saturated heterocycles. The SMILES string of the molecule is S=c1[nH]ccc2ncccc12. The molecule has 2 rings (SSSR count). The van der Waals surface area contributed by atoms with Crippen LogP contribution in [-0.4, -0.2) is 9.97 Å². The van der Waals surface area contributed by atoms with E-state index in [1.54, 1.807) is 12.4 Å². The second-order valence-electron chi connectivity index (χ2n) is 2.24. The summed E-state index contributed by atoms with van der Waals surface area (Å²) in [7, 11) is 0. The number of hydrogen-bond donors (Lipinski definition) is 1. The summed E-state index contributed by atoms with van der Waals surface area (Å²) in [5.74, 6) is 0. The van der Waals surface area contributed by atoms with Gasteiger partial charge in [0.15, 0.2) is 0 Å². The highest BCUT2D eigenvalue weighted by Crippen LogP contribution is 2.08. The van der Waals surface area contributed by atoms with Crippen molar-refractivity contribution in [1.82, 2.24) is 9.97 Å². The molecule has 2 aromatic rings. The number of pyridine rings is 2. The highest BCUT2D eigenvalue weighted by Gasteiger charge is 1.91. The van der Waals surface area contributed by atoms with Gasteiger partial charge in [0.1, 0.15) is 4.64 Å². The van der Waals surface area contributed by atoms with Gasteiger partial charge in [-0.05, 0) is 18.2 Å². The van der Waals surface area contributed by atoms with Gasteiger partial charge in [-0.1, -0.05) is 12.2 Å². The van der Waals surface area contributed by atoms with Crippen molar-refractivity contribution in [2.75, 3.05) is 0 Å². The molecule has 0 atom stereocenters. The molecule has 54 valence electrons. The third-order valence-corrected chi connectivity index (χ3v) is 1.88. The fourth-order valence-electron chi connectivity index (χ4n) is 1.02. The van der Waals surface area contributed by atoms with Gasteiger partial charge in [0.25, 0.3) is 0 Å². The molecular weight excluding hydrogens is 156 g/mol. The van der Waals surface area contributed by atoms with Gasteiger partial charge in [-0.3, -0.25) is 4.98 Å². The summed E-state index contributed by atoms with van der Waals surface area (Å²) in [6.07, 6.45) is 3.56. The lowest BCUT2D eigenvalue weighted by Crippen LogP contribution is -1.79. The Morgan fingerprint density at radius 3 is 3.09 bits per heavy atom. The first-order chi connectivity index (χ1) is 5.38. The van der Waals surface area contributed by atoms with Gasteiger partial charge in [0, 0.05) is 17.8 Å². The van der Waals surface area contributed by atoms with Gasteiger partial charge in [0.05, 0.1) is 5.52 Å². The van der Waals surface area contributed by atoms with Gasteiger partial charge in [-0.15, -0.1) is 0 Å². The van der Waals surface area contributed by atoms with Crippen molar-refractivity contribution >= 4 is 23.1 Å². The number of nitrogens with one attached hydrogen (secondary N) is 1. The molecule has 0 spiro atoms. The second-order valence-corrected chi connectivity index (χ2v) is 2.65. The lowest BCUT2D eigenvalue weighted by molar-refractivity contribution is 1.30. The van der Waals surface area contributed by atoms with Crippen LogP contribution in [0.3, 0.4) is 0 Å². The first-order valence-corrected chi connectivity index (χ1v) is 3.71. The molecule has 0 fully saturated rings. The monoisotopic (exact) mass is 162 g/mol. The van der Waals surface area contributed by atoms with E-state index in [9.17, 15) is 0 Å². The molecular formula is C8H6N2S. The maximum absolute atomic E-state index is 5.06. The number of H-pyrrole nitrogens is 1. The zero-order valence-electron chi connectivity index (χ0n) is 5.74. The molecule has 0 amide bonds. The van der Waals surface area contributed by atoms with Crippen LogP contribution < -0.4 is 0 Å². The zero-order valence-corrected chi connectivity index (χ0v) is 6.56. The van der Waals surface area contributed by atoms with Crippen molar-refractivity contribution in [2.24, 2.45) is 0 Å². The molecule has 1 N–H and O–H groups in total. The average Bonchev–Trinajstić information content (AvgIpc) is 2.06. The Morgan fingerprint density at radius 1 is 1.36 bits per heavy atom. The van der Waals surface area contributed by atoms with Crippen molar-refractivity contribution in [2.45, 2.75) is 0 Å². The van der Waals surface area contributed by atoms with Crippen molar-refractivity contribution in [3.05, 3.63) is 35.2 Å². The predicted molar refractivity (Wildman–Crippen MR) is 46.9 cm³/mol. The van der Waals surface area contributed by atoms with E-state index in [1.165, 1.54) is 0 Å². The quantitative estimate of drug-likeness (QED) is 0.602. The van der Waals surface area contributed by atoms with Crippen LogP contribution in [0.2, 0.25) is 0 Å². The molecule has 0 aliphatic heterocycles. The van der Waals surface area contributed by atoms with Gasteiger partial charge in [-0.25, -0.2) is 0 Å². The van der Waals surface area contributed by atoms with E-state index in [0.29, 0.717) is 0 Å². The largest absolute Gasteiger partial charge is 0.352 e. The summed E-state index contributed by atoms with van der Waals surface area (Å²) in [5.41, 5.74) is 0.941. The van der Waals surface area contributed by atoms with Gasteiger partial charge in [0.2, 0.25) is 0 Å². The maximum Gasteiger partial charge on any atom is 0.112 e. The maximum atomic E-state index is 5.06. The normalized spacial score (nSPS) is 10.2. The molecule has 0 radical (unpaired) electrons. The van der Waals surface area contributed by atoms with Crippen LogP contribution in [-0.2, 0) is 0 Å². The molecule has 0 saturated carbocycles. The number of rotatable bonds is 0. The molecule has 0 bridgehead atoms. The molecule has 0 aliphatic carbocycles. The Balaban J connectivity index is 3.03. The van der Waals surface area contributed by atoms with Crippen LogP contribution in [0.1, 0.15) is 0 Å². The van der Waals surface area contributed by atoms with Crippen molar-refractivity contribution < 1.29 is 0 Å². The molecule has 2 aromatic heterocycles. The Bertz CT molecular complexity index is 428. The van der Waals surface area contributed by atoms with Gasteiger partial charge < -0.3 is 4.98 Å². The van der Waals surface area contributed by atoms with E-state index < -0.39 is 0 Å². The van der Waals surface area contributed by atoms with E-state index in [2.05, 4.69) is 9.97 Å². The van der Waals surface area contributed by atoms with Crippen LogP contribution in [0.4, 0.5) is 0 Å². The third kappa shape index (κ3) is 1.03. The topological polar surface area (TPSA) is 28.7 Å². The van der Waals surface area contributed by atoms with Crippen LogP contribution >= 0.6 is 12.2 Å². The van der Waals surface area contributed by atoms with Gasteiger partial charge in [-0.2, -0.15) is 0 Å². The lowest BCUT2D eigenvalue weighted by atomic mass is 10.3. The highest BCUT2D eigenvalue weighted by molar-refractivity contribution is 7.71. The summed E-state index contributed by atoms with van der Waals surface area (Å²) >= 11 is 5.06. The van der Waals surface area contributed by atoms with Crippen LogP contribution in [0.5, 0.6) is 0 Å². The molecule has 2 nitrogen and oxygen atoms in total. The predicted octanol–water partition coefficient (Wildman–Crippen LogP) is 2.29. The van der Waals surface area contributed by atoms with Crippen molar-refractivity contribution in [3.63, 3.8) is 0 Å². The first kappa shape index (κ1) is 6.49. The molecule has 11 heavy (non-hydrogen) atoms. The number of aromatic nitrogens is 2. The molecule has 3 heteroatoms. The Hall–Kier alpha value is -1.22. The van der Waals surface area contributed by atoms with E-state index in [1.807, 2.05) is 18.2 Å². The number of fused-ring (bicyclic) bond motifs is 1. The van der Waals surface area contributed by atoms with E-state index in [0.717, 1.165) is 15.5 Å². The summed E-state index contributed by atoms with van der Waals surface area (Å²) in [4.78, 5) is 7.10. The minimum absolute atomic E-state index is 0.746. The smallest absolute Gasteiger partial charge is 0.112 e. The zero-order chi connectivity index (χ0) is 7.68. The first-order valence-electron chi connectivity index (χ1n) is 3.30. The minimum atomic E-state index is 0.746. The third-order valence-electron chi connectivity index (χ3n) is 1.54. The lowest BCUT2D eigenvalue weighted by Gasteiger charge is -1.93. The van der Waals surface area contributed by atoms with E-state index >= 15 is 0 Å². The van der Waals surface area contributed by atoms with E-state index in [-0.39, 0.29) is 0 Å².